The Balaban J connectivity index is 2.21. The molecule has 1 aromatic rings. The molecule has 0 saturated carbocycles. The normalized spacial score (nSPS) is 13.0. The quantitative estimate of drug-likeness (QED) is 0.629. The molecule has 0 fully saturated rings. The van der Waals surface area contributed by atoms with Crippen molar-refractivity contribution >= 4 is 0 Å². The van der Waals surface area contributed by atoms with E-state index in [0.29, 0.717) is 18.4 Å². The summed E-state index contributed by atoms with van der Waals surface area (Å²) in [5.74, 6) is 2.13. The van der Waals surface area contributed by atoms with Crippen molar-refractivity contribution in [2.75, 3.05) is 13.2 Å². The van der Waals surface area contributed by atoms with E-state index < -0.39 is 0 Å². The van der Waals surface area contributed by atoms with Gasteiger partial charge in [-0.05, 0) is 24.8 Å². The summed E-state index contributed by atoms with van der Waals surface area (Å²) in [6, 6.07) is 1.99. The number of hydrogen-bond acceptors (Lipinski definition) is 4. The Kier molecular flexibility index (Phi) is 9.35. The first-order chi connectivity index (χ1) is 10.2. The monoisotopic (exact) mass is 296 g/mol. The van der Waals surface area contributed by atoms with Gasteiger partial charge in [0.1, 0.15) is 6.61 Å². The standard InChI is InChI=1S/C17H32N2O2/c1-5-7-8-15(6-2)12-20-13-17-9-16(19-21-17)11-18-10-14(3)4/h9,14-15,18H,5-8,10-13H2,1-4H3. The van der Waals surface area contributed by atoms with Crippen molar-refractivity contribution < 1.29 is 9.26 Å². The second-order valence-electron chi connectivity index (χ2n) is 6.24. The maximum Gasteiger partial charge on any atom is 0.162 e. The first-order valence-electron chi connectivity index (χ1n) is 8.38. The van der Waals surface area contributed by atoms with E-state index in [4.69, 9.17) is 9.26 Å². The Morgan fingerprint density at radius 3 is 2.81 bits per heavy atom. The molecule has 4 heteroatoms. The molecule has 0 saturated heterocycles. The zero-order chi connectivity index (χ0) is 15.5. The van der Waals surface area contributed by atoms with E-state index in [2.05, 4.69) is 38.2 Å². The van der Waals surface area contributed by atoms with Crippen LogP contribution in [0.3, 0.4) is 0 Å². The summed E-state index contributed by atoms with van der Waals surface area (Å²) in [4.78, 5) is 0. The van der Waals surface area contributed by atoms with Crippen molar-refractivity contribution in [3.63, 3.8) is 0 Å². The van der Waals surface area contributed by atoms with Crippen molar-refractivity contribution in [3.05, 3.63) is 17.5 Å². The highest BCUT2D eigenvalue weighted by atomic mass is 16.5. The predicted octanol–water partition coefficient (Wildman–Crippen LogP) is 4.15. The van der Waals surface area contributed by atoms with Crippen molar-refractivity contribution in [1.29, 1.82) is 0 Å². The molecule has 1 rings (SSSR count). The zero-order valence-electron chi connectivity index (χ0n) is 14.2. The van der Waals surface area contributed by atoms with Crippen LogP contribution in [0.25, 0.3) is 0 Å². The molecule has 0 aromatic carbocycles. The summed E-state index contributed by atoms with van der Waals surface area (Å²) in [5.41, 5.74) is 0.951. The molecule has 0 spiro atoms. The van der Waals surface area contributed by atoms with Crippen LogP contribution in [0.2, 0.25) is 0 Å². The molecule has 1 atom stereocenters. The molecule has 1 unspecified atom stereocenters. The first-order valence-corrected chi connectivity index (χ1v) is 8.38. The van der Waals surface area contributed by atoms with Gasteiger partial charge >= 0.3 is 0 Å². The van der Waals surface area contributed by atoms with Crippen LogP contribution in [0, 0.1) is 11.8 Å². The van der Waals surface area contributed by atoms with Gasteiger partial charge in [0, 0.05) is 19.2 Å². The van der Waals surface area contributed by atoms with E-state index >= 15 is 0 Å². The highest BCUT2D eigenvalue weighted by molar-refractivity contribution is 5.04. The smallest absolute Gasteiger partial charge is 0.162 e. The van der Waals surface area contributed by atoms with Crippen molar-refractivity contribution in [1.82, 2.24) is 10.5 Å². The van der Waals surface area contributed by atoms with E-state index in [1.807, 2.05) is 6.07 Å². The summed E-state index contributed by atoms with van der Waals surface area (Å²) in [6.45, 7) is 11.9. The molecule has 0 aliphatic heterocycles. The lowest BCUT2D eigenvalue weighted by Gasteiger charge is -2.13. The van der Waals surface area contributed by atoms with E-state index in [0.717, 1.165) is 31.2 Å². The molecule has 0 aliphatic rings. The Bertz CT molecular complexity index is 363. The fourth-order valence-corrected chi connectivity index (χ4v) is 2.22. The number of nitrogens with one attached hydrogen (secondary N) is 1. The van der Waals surface area contributed by atoms with Crippen LogP contribution in [0.1, 0.15) is 64.8 Å². The fourth-order valence-electron chi connectivity index (χ4n) is 2.22. The van der Waals surface area contributed by atoms with Gasteiger partial charge in [-0.3, -0.25) is 0 Å². The van der Waals surface area contributed by atoms with Crippen LogP contribution in [0.4, 0.5) is 0 Å². The van der Waals surface area contributed by atoms with Gasteiger partial charge in [0.25, 0.3) is 0 Å². The summed E-state index contributed by atoms with van der Waals surface area (Å²) in [5, 5.41) is 7.42. The lowest BCUT2D eigenvalue weighted by molar-refractivity contribution is 0.0675. The zero-order valence-corrected chi connectivity index (χ0v) is 14.2. The summed E-state index contributed by atoms with van der Waals surface area (Å²) >= 11 is 0. The van der Waals surface area contributed by atoms with Gasteiger partial charge in [0.2, 0.25) is 0 Å². The van der Waals surface area contributed by atoms with Crippen LogP contribution in [-0.4, -0.2) is 18.3 Å². The lowest BCUT2D eigenvalue weighted by atomic mass is 10.0. The number of unbranched alkanes of at least 4 members (excludes halogenated alkanes) is 1. The second-order valence-corrected chi connectivity index (χ2v) is 6.24. The van der Waals surface area contributed by atoms with E-state index in [-0.39, 0.29) is 0 Å². The largest absolute Gasteiger partial charge is 0.373 e. The van der Waals surface area contributed by atoms with Crippen LogP contribution >= 0.6 is 0 Å². The molecule has 1 N–H and O–H groups in total. The Hall–Kier alpha value is -0.870. The first kappa shape index (κ1) is 18.2. The highest BCUT2D eigenvalue weighted by Crippen LogP contribution is 2.14. The van der Waals surface area contributed by atoms with Gasteiger partial charge in [-0.1, -0.05) is 52.1 Å². The molecule has 4 nitrogen and oxygen atoms in total. The molecule has 0 aliphatic carbocycles. The van der Waals surface area contributed by atoms with Crippen molar-refractivity contribution in [2.24, 2.45) is 11.8 Å². The van der Waals surface area contributed by atoms with E-state index in [9.17, 15) is 0 Å². The number of ether oxygens (including phenoxy) is 1. The minimum atomic E-state index is 0.528. The van der Waals surface area contributed by atoms with Crippen LogP contribution in [0.15, 0.2) is 10.6 Å². The maximum absolute atomic E-state index is 5.77. The predicted molar refractivity (Wildman–Crippen MR) is 86.0 cm³/mol. The Morgan fingerprint density at radius 2 is 2.14 bits per heavy atom. The van der Waals surface area contributed by atoms with Crippen LogP contribution in [-0.2, 0) is 17.9 Å². The lowest BCUT2D eigenvalue weighted by Crippen LogP contribution is -2.19. The summed E-state index contributed by atoms with van der Waals surface area (Å²) in [6.07, 6.45) is 4.98. The molecule has 0 amide bonds. The summed E-state index contributed by atoms with van der Waals surface area (Å²) in [7, 11) is 0. The third kappa shape index (κ3) is 8.22. The Morgan fingerprint density at radius 1 is 1.33 bits per heavy atom. The summed E-state index contributed by atoms with van der Waals surface area (Å²) < 4.78 is 11.1. The number of aromatic nitrogens is 1. The van der Waals surface area contributed by atoms with Gasteiger partial charge < -0.3 is 14.6 Å². The molecular weight excluding hydrogens is 264 g/mol. The molecule has 1 heterocycles. The molecule has 0 bridgehead atoms. The third-order valence-corrected chi connectivity index (χ3v) is 3.61. The topological polar surface area (TPSA) is 47.3 Å². The minimum Gasteiger partial charge on any atom is -0.373 e. The maximum atomic E-state index is 5.77. The molecule has 21 heavy (non-hydrogen) atoms. The van der Waals surface area contributed by atoms with E-state index in [1.165, 1.54) is 25.7 Å². The second kappa shape index (κ2) is 10.8. The SMILES string of the molecule is CCCCC(CC)COCc1cc(CNCC(C)C)no1. The highest BCUT2D eigenvalue weighted by Gasteiger charge is 2.08. The van der Waals surface area contributed by atoms with E-state index in [1.54, 1.807) is 0 Å². The average molecular weight is 296 g/mol. The van der Waals surface area contributed by atoms with Crippen molar-refractivity contribution in [3.8, 4) is 0 Å². The van der Waals surface area contributed by atoms with Gasteiger partial charge in [0.05, 0.1) is 5.69 Å². The average Bonchev–Trinajstić information content (AvgIpc) is 2.90. The fraction of sp³-hybridized carbons (Fsp3) is 0.824. The number of hydrogen-bond donors (Lipinski definition) is 1. The number of rotatable bonds is 12. The van der Waals surface area contributed by atoms with Gasteiger partial charge in [-0.15, -0.1) is 0 Å². The minimum absolute atomic E-state index is 0.528. The van der Waals surface area contributed by atoms with Crippen LogP contribution in [0.5, 0.6) is 0 Å². The van der Waals surface area contributed by atoms with Crippen LogP contribution < -0.4 is 5.32 Å². The van der Waals surface area contributed by atoms with Gasteiger partial charge in [0.15, 0.2) is 5.76 Å². The third-order valence-electron chi connectivity index (χ3n) is 3.61. The molecule has 122 valence electrons. The van der Waals surface area contributed by atoms with Gasteiger partial charge in [-0.25, -0.2) is 0 Å². The number of nitrogens with zero attached hydrogens (tertiary/aromatic N) is 1. The Labute approximate surface area is 129 Å². The van der Waals surface area contributed by atoms with Crippen molar-refractivity contribution in [2.45, 2.75) is 66.5 Å². The molecular formula is C17H32N2O2. The molecule has 1 aromatic heterocycles. The van der Waals surface area contributed by atoms with Gasteiger partial charge in [-0.2, -0.15) is 0 Å². The molecule has 0 radical (unpaired) electrons.